The van der Waals surface area contributed by atoms with Crippen LogP contribution in [0.5, 0.6) is 5.75 Å². The molecule has 158 valence electrons. The van der Waals surface area contributed by atoms with E-state index in [4.69, 9.17) is 10.00 Å². The minimum absolute atomic E-state index is 0.277. The van der Waals surface area contributed by atoms with Gasteiger partial charge in [-0.3, -0.25) is 0 Å². The Morgan fingerprint density at radius 2 is 2.00 bits per heavy atom. The van der Waals surface area contributed by atoms with Crippen molar-refractivity contribution in [3.63, 3.8) is 0 Å². The van der Waals surface area contributed by atoms with Gasteiger partial charge in [-0.1, -0.05) is 0 Å². The molecule has 0 aliphatic rings. The number of nitrogens with one attached hydrogen (secondary N) is 1. The third kappa shape index (κ3) is 5.52. The topological polar surface area (TPSA) is 87.3 Å². The molecular formula is C21H20F3N3O3. The Bertz CT molecular complexity index is 1060. The van der Waals surface area contributed by atoms with Crippen molar-refractivity contribution in [2.24, 2.45) is 0 Å². The molecule has 2 N–H and O–H groups in total. The zero-order valence-electron chi connectivity index (χ0n) is 16.3. The van der Waals surface area contributed by atoms with Crippen molar-refractivity contribution in [1.82, 2.24) is 4.57 Å². The van der Waals surface area contributed by atoms with Crippen molar-refractivity contribution in [1.29, 1.82) is 5.26 Å². The Balaban J connectivity index is 0.000000216. The summed E-state index contributed by atoms with van der Waals surface area (Å²) in [5, 5.41) is 21.4. The average Bonchev–Trinajstić information content (AvgIpc) is 3.14. The van der Waals surface area contributed by atoms with E-state index < -0.39 is 17.8 Å². The van der Waals surface area contributed by atoms with Crippen LogP contribution in [-0.2, 0) is 17.5 Å². The van der Waals surface area contributed by atoms with Crippen LogP contribution in [0.3, 0.4) is 0 Å². The average molecular weight is 419 g/mol. The minimum atomic E-state index is -4.49. The maximum atomic E-state index is 12.4. The first kappa shape index (κ1) is 22.8. The van der Waals surface area contributed by atoms with Crippen LogP contribution in [0.1, 0.15) is 11.1 Å². The Kier molecular flexibility index (Phi) is 7.44. The lowest BCUT2D eigenvalue weighted by Crippen LogP contribution is -2.16. The third-order valence-corrected chi connectivity index (χ3v) is 4.25. The number of aliphatic hydroxyl groups is 1. The smallest absolute Gasteiger partial charge is 0.417 e. The fourth-order valence-corrected chi connectivity index (χ4v) is 2.74. The van der Waals surface area contributed by atoms with E-state index >= 15 is 0 Å². The van der Waals surface area contributed by atoms with Gasteiger partial charge in [-0.2, -0.15) is 18.4 Å². The lowest BCUT2D eigenvalue weighted by molar-refractivity contribution is -0.137. The van der Waals surface area contributed by atoms with Gasteiger partial charge >= 0.3 is 6.18 Å². The number of rotatable bonds is 5. The monoisotopic (exact) mass is 419 g/mol. The molecule has 0 aliphatic carbocycles. The molecule has 0 saturated carbocycles. The maximum Gasteiger partial charge on any atom is 0.417 e. The largest absolute Gasteiger partial charge is 0.497 e. The molecule has 1 heterocycles. The van der Waals surface area contributed by atoms with Crippen molar-refractivity contribution in [3.8, 4) is 11.8 Å². The summed E-state index contributed by atoms with van der Waals surface area (Å²) >= 11 is 0. The third-order valence-electron chi connectivity index (χ3n) is 4.25. The van der Waals surface area contributed by atoms with E-state index in [2.05, 4.69) is 5.32 Å². The number of carbonyl (C=O) groups is 1. The van der Waals surface area contributed by atoms with Gasteiger partial charge in [0.1, 0.15) is 18.1 Å². The normalized spacial score (nSPS) is 11.8. The van der Waals surface area contributed by atoms with Crippen molar-refractivity contribution >= 4 is 22.9 Å². The number of carbonyl (C=O) groups excluding carboxylic acids is 1. The van der Waals surface area contributed by atoms with Crippen molar-refractivity contribution < 1.29 is 27.8 Å². The number of hydrogen-bond donors (Lipinski definition) is 2. The van der Waals surface area contributed by atoms with Crippen LogP contribution in [0.25, 0.3) is 10.9 Å². The molecule has 30 heavy (non-hydrogen) atoms. The fraction of sp³-hybridized carbons (Fsp3) is 0.238. The highest BCUT2D eigenvalue weighted by Gasteiger charge is 2.33. The predicted octanol–water partition coefficient (Wildman–Crippen LogP) is 3.83. The molecule has 1 aromatic heterocycles. The molecule has 0 amide bonds. The van der Waals surface area contributed by atoms with E-state index in [1.54, 1.807) is 7.11 Å². The number of benzene rings is 2. The van der Waals surface area contributed by atoms with Crippen LogP contribution >= 0.6 is 0 Å². The number of aldehydes is 1. The summed E-state index contributed by atoms with van der Waals surface area (Å²) in [6.45, 7) is 0.277. The van der Waals surface area contributed by atoms with Gasteiger partial charge in [0.2, 0.25) is 0 Å². The number of aliphatic hydroxyl groups excluding tert-OH is 1. The molecule has 0 aliphatic heterocycles. The van der Waals surface area contributed by atoms with E-state index in [1.807, 2.05) is 35.0 Å². The quantitative estimate of drug-likeness (QED) is 0.614. The summed E-state index contributed by atoms with van der Waals surface area (Å²) in [5.41, 5.74) is 0.0291. The predicted molar refractivity (Wildman–Crippen MR) is 106 cm³/mol. The van der Waals surface area contributed by atoms with Crippen molar-refractivity contribution in [3.05, 3.63) is 59.8 Å². The number of halogens is 3. The highest BCUT2D eigenvalue weighted by atomic mass is 19.4. The molecule has 3 rings (SSSR count). The molecule has 9 heteroatoms. The first-order valence-corrected chi connectivity index (χ1v) is 8.78. The number of nitrogens with zero attached hydrogens (tertiary/aromatic N) is 2. The standard InChI is InChI=1S/C12H13NO3.C9H7F3N2/c1-16-11-2-3-12-9(6-11)4-5-13(12)7-10(15)8-14;1-14-7-3-2-6(5-13)8(4-7)9(10,11)12/h2-6,8,10,15H,7H2,1H3;2-4,14H,1H3. The molecule has 6 nitrogen and oxygen atoms in total. The van der Waals surface area contributed by atoms with Gasteiger partial charge in [-0.05, 0) is 42.5 Å². The number of alkyl halides is 3. The van der Waals surface area contributed by atoms with Gasteiger partial charge in [0, 0.05) is 29.8 Å². The van der Waals surface area contributed by atoms with Gasteiger partial charge < -0.3 is 24.5 Å². The summed E-state index contributed by atoms with van der Waals surface area (Å²) < 4.78 is 44.1. The Labute approximate surface area is 171 Å². The van der Waals surface area contributed by atoms with Gasteiger partial charge in [-0.25, -0.2) is 0 Å². The molecule has 3 aromatic rings. The zero-order chi connectivity index (χ0) is 22.3. The highest BCUT2D eigenvalue weighted by molar-refractivity contribution is 5.81. The first-order valence-electron chi connectivity index (χ1n) is 8.78. The number of methoxy groups -OCH3 is 1. The second-order valence-electron chi connectivity index (χ2n) is 6.22. The number of aromatic nitrogens is 1. The van der Waals surface area contributed by atoms with E-state index in [9.17, 15) is 23.1 Å². The van der Waals surface area contributed by atoms with Crippen LogP contribution in [0.4, 0.5) is 18.9 Å². The molecule has 0 saturated heterocycles. The molecular weight excluding hydrogens is 399 g/mol. The molecule has 1 atom stereocenters. The summed E-state index contributed by atoms with van der Waals surface area (Å²) in [6.07, 6.45) is -3.07. The van der Waals surface area contributed by atoms with E-state index in [-0.39, 0.29) is 12.1 Å². The molecule has 0 bridgehead atoms. The first-order chi connectivity index (χ1) is 14.2. The molecule has 0 radical (unpaired) electrons. The molecule has 1 unspecified atom stereocenters. The number of nitriles is 1. The fourth-order valence-electron chi connectivity index (χ4n) is 2.74. The van der Waals surface area contributed by atoms with E-state index in [0.717, 1.165) is 28.8 Å². The molecule has 0 spiro atoms. The maximum absolute atomic E-state index is 12.4. The summed E-state index contributed by atoms with van der Waals surface area (Å²) in [5.74, 6) is 0.793. The summed E-state index contributed by atoms with van der Waals surface area (Å²) in [4.78, 5) is 10.4. The van der Waals surface area contributed by atoms with Gasteiger partial charge in [-0.15, -0.1) is 0 Å². The lowest BCUT2D eigenvalue weighted by Gasteiger charge is -2.10. The SMILES string of the molecule is CNc1ccc(C#N)c(C(F)(F)F)c1.COc1ccc2c(ccn2CC(O)C=O)c1. The van der Waals surface area contributed by atoms with Crippen molar-refractivity contribution in [2.75, 3.05) is 19.5 Å². The van der Waals surface area contributed by atoms with Gasteiger partial charge in [0.25, 0.3) is 0 Å². The highest BCUT2D eigenvalue weighted by Crippen LogP contribution is 2.33. The Morgan fingerprint density at radius 3 is 2.57 bits per heavy atom. The lowest BCUT2D eigenvalue weighted by atomic mass is 10.1. The van der Waals surface area contributed by atoms with Crippen LogP contribution in [0, 0.1) is 11.3 Å². The Morgan fingerprint density at radius 1 is 1.27 bits per heavy atom. The van der Waals surface area contributed by atoms with Crippen LogP contribution in [-0.4, -0.2) is 36.2 Å². The van der Waals surface area contributed by atoms with Crippen molar-refractivity contribution in [2.45, 2.75) is 18.8 Å². The second-order valence-corrected chi connectivity index (χ2v) is 6.22. The van der Waals surface area contributed by atoms with Crippen LogP contribution in [0.15, 0.2) is 48.7 Å². The number of ether oxygens (including phenoxy) is 1. The second kappa shape index (κ2) is 9.80. The number of hydrogen-bond acceptors (Lipinski definition) is 5. The number of anilines is 1. The minimum Gasteiger partial charge on any atom is -0.497 e. The van der Waals surface area contributed by atoms with E-state index in [0.29, 0.717) is 12.0 Å². The molecule has 0 fully saturated rings. The summed E-state index contributed by atoms with van der Waals surface area (Å²) in [7, 11) is 3.13. The van der Waals surface area contributed by atoms with Crippen LogP contribution < -0.4 is 10.1 Å². The van der Waals surface area contributed by atoms with E-state index in [1.165, 1.54) is 19.2 Å². The number of fused-ring (bicyclic) bond motifs is 1. The van der Waals surface area contributed by atoms with Gasteiger partial charge in [0.05, 0.1) is 30.9 Å². The zero-order valence-corrected chi connectivity index (χ0v) is 16.3. The summed E-state index contributed by atoms with van der Waals surface area (Å²) in [6, 6.07) is 12.6. The molecule has 2 aromatic carbocycles. The Hall–Kier alpha value is -3.51. The van der Waals surface area contributed by atoms with Crippen LogP contribution in [0.2, 0.25) is 0 Å². The van der Waals surface area contributed by atoms with Gasteiger partial charge in [0.15, 0.2) is 0 Å².